The fourth-order valence-corrected chi connectivity index (χ4v) is 2.25. The third-order valence-corrected chi connectivity index (χ3v) is 3.16. The van der Waals surface area contributed by atoms with Crippen LogP contribution in [0, 0.1) is 6.92 Å². The molecule has 1 aromatic carbocycles. The van der Waals surface area contributed by atoms with E-state index in [2.05, 4.69) is 50.4 Å². The first-order valence-electron chi connectivity index (χ1n) is 6.50. The maximum Gasteiger partial charge on any atom is 0.105 e. The van der Waals surface area contributed by atoms with Crippen molar-refractivity contribution in [3.05, 3.63) is 59.5 Å². The molecule has 0 aliphatic carbocycles. The molecule has 0 spiro atoms. The summed E-state index contributed by atoms with van der Waals surface area (Å²) in [6.07, 6.45) is 2.65. The van der Waals surface area contributed by atoms with Crippen LogP contribution in [0.2, 0.25) is 0 Å². The molecule has 0 aliphatic heterocycles. The molecule has 2 unspecified atom stereocenters. The molecule has 0 fully saturated rings. The zero-order valence-electron chi connectivity index (χ0n) is 11.3. The minimum atomic E-state index is 0.356. The normalized spacial score (nSPS) is 14.4. The first kappa shape index (κ1) is 12.9. The largest absolute Gasteiger partial charge is 0.469 e. The third-order valence-electron chi connectivity index (χ3n) is 3.16. The molecule has 1 aromatic heterocycles. The van der Waals surface area contributed by atoms with Crippen molar-refractivity contribution < 1.29 is 4.42 Å². The summed E-state index contributed by atoms with van der Waals surface area (Å²) in [5, 5.41) is 3.60. The van der Waals surface area contributed by atoms with Crippen molar-refractivity contribution in [1.82, 2.24) is 5.32 Å². The van der Waals surface area contributed by atoms with Crippen molar-refractivity contribution in [3.8, 4) is 0 Å². The van der Waals surface area contributed by atoms with Crippen molar-refractivity contribution in [2.24, 2.45) is 0 Å². The molecule has 2 heteroatoms. The number of rotatable bonds is 5. The maximum absolute atomic E-state index is 5.37. The Hall–Kier alpha value is -1.54. The number of hydrogen-bond acceptors (Lipinski definition) is 2. The average Bonchev–Trinajstić information content (AvgIpc) is 2.81. The lowest BCUT2D eigenvalue weighted by Gasteiger charge is -2.20. The smallest absolute Gasteiger partial charge is 0.105 e. The van der Waals surface area contributed by atoms with E-state index >= 15 is 0 Å². The standard InChI is InChI=1S/C16H21NO/c1-12-6-4-7-15(10-12)14(3)17-13(2)11-16-8-5-9-18-16/h4-10,13-14,17H,11H2,1-3H3. The van der Waals surface area contributed by atoms with Gasteiger partial charge in [0, 0.05) is 18.5 Å². The Morgan fingerprint density at radius 2 is 2.00 bits per heavy atom. The van der Waals surface area contributed by atoms with E-state index in [1.165, 1.54) is 11.1 Å². The highest BCUT2D eigenvalue weighted by molar-refractivity contribution is 5.24. The van der Waals surface area contributed by atoms with Gasteiger partial charge in [0.15, 0.2) is 0 Å². The van der Waals surface area contributed by atoms with Crippen LogP contribution in [0.5, 0.6) is 0 Å². The first-order valence-corrected chi connectivity index (χ1v) is 6.50. The zero-order chi connectivity index (χ0) is 13.0. The van der Waals surface area contributed by atoms with Crippen LogP contribution in [0.4, 0.5) is 0 Å². The predicted octanol–water partition coefficient (Wildman–Crippen LogP) is 3.87. The van der Waals surface area contributed by atoms with Crippen molar-refractivity contribution in [2.45, 2.75) is 39.3 Å². The molecule has 0 saturated heterocycles. The van der Waals surface area contributed by atoms with E-state index in [9.17, 15) is 0 Å². The van der Waals surface area contributed by atoms with Crippen molar-refractivity contribution in [1.29, 1.82) is 0 Å². The first-order chi connectivity index (χ1) is 8.65. The predicted molar refractivity (Wildman–Crippen MR) is 74.6 cm³/mol. The summed E-state index contributed by atoms with van der Waals surface area (Å²) < 4.78 is 5.37. The van der Waals surface area contributed by atoms with Crippen LogP contribution in [0.15, 0.2) is 47.1 Å². The second kappa shape index (κ2) is 5.87. The summed E-state index contributed by atoms with van der Waals surface area (Å²) in [6.45, 7) is 6.52. The second-order valence-corrected chi connectivity index (χ2v) is 4.99. The van der Waals surface area contributed by atoms with Gasteiger partial charge in [-0.15, -0.1) is 0 Å². The molecular formula is C16H21NO. The summed E-state index contributed by atoms with van der Waals surface area (Å²) in [5.74, 6) is 1.03. The van der Waals surface area contributed by atoms with Crippen LogP contribution in [0.1, 0.15) is 36.8 Å². The highest BCUT2D eigenvalue weighted by atomic mass is 16.3. The molecule has 2 aromatic rings. The molecule has 2 nitrogen and oxygen atoms in total. The highest BCUT2D eigenvalue weighted by Crippen LogP contribution is 2.15. The fourth-order valence-electron chi connectivity index (χ4n) is 2.25. The molecule has 2 rings (SSSR count). The Labute approximate surface area is 109 Å². The molecule has 0 radical (unpaired) electrons. The van der Waals surface area contributed by atoms with E-state index in [1.807, 2.05) is 12.1 Å². The highest BCUT2D eigenvalue weighted by Gasteiger charge is 2.11. The molecule has 0 amide bonds. The van der Waals surface area contributed by atoms with E-state index in [0.29, 0.717) is 12.1 Å². The molecule has 2 atom stereocenters. The fraction of sp³-hybridized carbons (Fsp3) is 0.375. The van der Waals surface area contributed by atoms with Gasteiger partial charge in [0.25, 0.3) is 0 Å². The number of aryl methyl sites for hydroxylation is 1. The molecule has 96 valence electrons. The Morgan fingerprint density at radius 1 is 1.17 bits per heavy atom. The summed E-state index contributed by atoms with van der Waals surface area (Å²) >= 11 is 0. The Morgan fingerprint density at radius 3 is 2.67 bits per heavy atom. The van der Waals surface area contributed by atoms with Gasteiger partial charge in [-0.2, -0.15) is 0 Å². The second-order valence-electron chi connectivity index (χ2n) is 4.99. The van der Waals surface area contributed by atoms with Crippen LogP contribution >= 0.6 is 0 Å². The van der Waals surface area contributed by atoms with E-state index in [-0.39, 0.29) is 0 Å². The van der Waals surface area contributed by atoms with Gasteiger partial charge >= 0.3 is 0 Å². The minimum Gasteiger partial charge on any atom is -0.469 e. The number of nitrogens with one attached hydrogen (secondary N) is 1. The van der Waals surface area contributed by atoms with Crippen LogP contribution in [0.3, 0.4) is 0 Å². The van der Waals surface area contributed by atoms with Gasteiger partial charge in [-0.05, 0) is 38.5 Å². The lowest BCUT2D eigenvalue weighted by atomic mass is 10.0. The Bertz CT molecular complexity index is 476. The quantitative estimate of drug-likeness (QED) is 0.862. The number of benzene rings is 1. The Balaban J connectivity index is 1.92. The molecule has 1 N–H and O–H groups in total. The molecular weight excluding hydrogens is 222 g/mol. The van der Waals surface area contributed by atoms with E-state index in [4.69, 9.17) is 4.42 Å². The molecule has 1 heterocycles. The third kappa shape index (κ3) is 3.47. The zero-order valence-corrected chi connectivity index (χ0v) is 11.3. The van der Waals surface area contributed by atoms with Crippen molar-refractivity contribution in [2.75, 3.05) is 0 Å². The molecule has 0 bridgehead atoms. The summed E-state index contributed by atoms with van der Waals surface area (Å²) in [5.41, 5.74) is 2.64. The van der Waals surface area contributed by atoms with E-state index in [1.54, 1.807) is 6.26 Å². The van der Waals surface area contributed by atoms with E-state index < -0.39 is 0 Å². The van der Waals surface area contributed by atoms with Gasteiger partial charge in [0.1, 0.15) is 5.76 Å². The number of hydrogen-bond donors (Lipinski definition) is 1. The molecule has 18 heavy (non-hydrogen) atoms. The topological polar surface area (TPSA) is 25.2 Å². The van der Waals surface area contributed by atoms with Gasteiger partial charge in [0.2, 0.25) is 0 Å². The van der Waals surface area contributed by atoms with Crippen LogP contribution in [-0.2, 0) is 6.42 Å². The summed E-state index contributed by atoms with van der Waals surface area (Å²) in [6, 6.07) is 13.4. The SMILES string of the molecule is Cc1cccc(C(C)NC(C)Cc2ccco2)c1. The van der Waals surface area contributed by atoms with Crippen LogP contribution < -0.4 is 5.32 Å². The monoisotopic (exact) mass is 243 g/mol. The maximum atomic E-state index is 5.37. The summed E-state index contributed by atoms with van der Waals surface area (Å²) in [7, 11) is 0. The Kier molecular flexibility index (Phi) is 4.21. The van der Waals surface area contributed by atoms with Gasteiger partial charge in [-0.3, -0.25) is 0 Å². The summed E-state index contributed by atoms with van der Waals surface area (Å²) in [4.78, 5) is 0. The lowest BCUT2D eigenvalue weighted by Crippen LogP contribution is -2.30. The van der Waals surface area contributed by atoms with Crippen LogP contribution in [-0.4, -0.2) is 6.04 Å². The lowest BCUT2D eigenvalue weighted by molar-refractivity contribution is 0.429. The van der Waals surface area contributed by atoms with Gasteiger partial charge < -0.3 is 9.73 Å². The van der Waals surface area contributed by atoms with Gasteiger partial charge in [0.05, 0.1) is 6.26 Å². The van der Waals surface area contributed by atoms with Gasteiger partial charge in [-0.1, -0.05) is 29.8 Å². The van der Waals surface area contributed by atoms with Crippen LogP contribution in [0.25, 0.3) is 0 Å². The number of furan rings is 1. The minimum absolute atomic E-state index is 0.356. The molecule has 0 saturated carbocycles. The molecule has 0 aliphatic rings. The average molecular weight is 243 g/mol. The van der Waals surface area contributed by atoms with Crippen molar-refractivity contribution >= 4 is 0 Å². The van der Waals surface area contributed by atoms with Crippen molar-refractivity contribution in [3.63, 3.8) is 0 Å². The van der Waals surface area contributed by atoms with E-state index in [0.717, 1.165) is 12.2 Å². The van der Waals surface area contributed by atoms with Gasteiger partial charge in [-0.25, -0.2) is 0 Å².